The van der Waals surface area contributed by atoms with Crippen molar-refractivity contribution in [3.63, 3.8) is 0 Å². The van der Waals surface area contributed by atoms with E-state index < -0.39 is 12.1 Å². The van der Waals surface area contributed by atoms with Crippen molar-refractivity contribution in [3.05, 3.63) is 59.7 Å². The van der Waals surface area contributed by atoms with E-state index in [-0.39, 0.29) is 43.2 Å². The van der Waals surface area contributed by atoms with Crippen molar-refractivity contribution in [1.82, 2.24) is 10.2 Å². The number of benzene rings is 2. The third-order valence-corrected chi connectivity index (χ3v) is 7.84. The van der Waals surface area contributed by atoms with Crippen LogP contribution in [0.1, 0.15) is 55.6 Å². The van der Waals surface area contributed by atoms with Crippen LogP contribution < -0.4 is 5.32 Å². The quantitative estimate of drug-likeness (QED) is 0.559. The average molecular weight is 477 g/mol. The van der Waals surface area contributed by atoms with E-state index in [1.54, 1.807) is 4.90 Å². The Kier molecular flexibility index (Phi) is 6.75. The Morgan fingerprint density at radius 1 is 1.00 bits per heavy atom. The lowest BCUT2D eigenvalue weighted by Crippen LogP contribution is -2.53. The molecule has 3 aliphatic rings. The van der Waals surface area contributed by atoms with E-state index in [0.717, 1.165) is 19.3 Å². The van der Waals surface area contributed by atoms with Crippen molar-refractivity contribution in [3.8, 4) is 11.1 Å². The maximum absolute atomic E-state index is 12.8. The highest BCUT2D eigenvalue weighted by atomic mass is 16.5. The molecule has 2 aliphatic carbocycles. The molecule has 2 fully saturated rings. The molecule has 7 nitrogen and oxygen atoms in total. The van der Waals surface area contributed by atoms with Crippen LogP contribution >= 0.6 is 0 Å². The molecule has 2 N–H and O–H groups in total. The number of alkyl carbamates (subject to hydrolysis) is 1. The van der Waals surface area contributed by atoms with E-state index in [9.17, 15) is 14.4 Å². The van der Waals surface area contributed by atoms with Gasteiger partial charge in [0, 0.05) is 37.9 Å². The number of carboxylic acids is 1. The Bertz CT molecular complexity index is 1060. The molecule has 2 aromatic carbocycles. The molecular weight excluding hydrogens is 444 g/mol. The van der Waals surface area contributed by atoms with Crippen molar-refractivity contribution < 1.29 is 24.2 Å². The summed E-state index contributed by atoms with van der Waals surface area (Å²) in [5, 5.41) is 11.8. The smallest absolute Gasteiger partial charge is 0.407 e. The number of rotatable bonds is 9. The zero-order valence-corrected chi connectivity index (χ0v) is 19.8. The normalized spacial score (nSPS) is 18.1. The second-order valence-corrected chi connectivity index (χ2v) is 10.1. The minimum atomic E-state index is -0.799. The average Bonchev–Trinajstić information content (AvgIpc) is 3.09. The lowest BCUT2D eigenvalue weighted by molar-refractivity contribution is -0.140. The first-order valence-electron chi connectivity index (χ1n) is 12.6. The first-order valence-corrected chi connectivity index (χ1v) is 12.6. The first-order chi connectivity index (χ1) is 17.0. The molecule has 1 heterocycles. The summed E-state index contributed by atoms with van der Waals surface area (Å²) in [6.45, 7) is 1.46. The largest absolute Gasteiger partial charge is 0.481 e. The number of fused-ring (bicyclic) bond motifs is 3. The zero-order valence-electron chi connectivity index (χ0n) is 19.8. The molecule has 5 rings (SSSR count). The van der Waals surface area contributed by atoms with Crippen molar-refractivity contribution in [2.75, 3.05) is 19.7 Å². The maximum atomic E-state index is 12.8. The molecule has 1 unspecified atom stereocenters. The van der Waals surface area contributed by atoms with Crippen LogP contribution in [0.25, 0.3) is 11.1 Å². The van der Waals surface area contributed by atoms with Gasteiger partial charge in [0.25, 0.3) is 0 Å². The summed E-state index contributed by atoms with van der Waals surface area (Å²) in [5.41, 5.74) is 4.71. The second kappa shape index (κ2) is 10.1. The van der Waals surface area contributed by atoms with Crippen LogP contribution in [0.5, 0.6) is 0 Å². The molecule has 1 aliphatic heterocycles. The molecule has 0 aromatic heterocycles. The van der Waals surface area contributed by atoms with Gasteiger partial charge in [0.2, 0.25) is 5.91 Å². The first kappa shape index (κ1) is 23.4. The van der Waals surface area contributed by atoms with Gasteiger partial charge in [-0.3, -0.25) is 9.59 Å². The number of nitrogens with zero attached hydrogens (tertiary/aromatic N) is 1. The molecule has 2 amide bonds. The lowest BCUT2D eigenvalue weighted by Gasteiger charge is -2.41. The van der Waals surface area contributed by atoms with E-state index in [0.29, 0.717) is 25.4 Å². The lowest BCUT2D eigenvalue weighted by atomic mass is 9.78. The van der Waals surface area contributed by atoms with E-state index in [1.165, 1.54) is 22.3 Å². The molecular formula is C28H32N2O5. The van der Waals surface area contributed by atoms with Crippen LogP contribution in [0.4, 0.5) is 4.79 Å². The Labute approximate surface area is 205 Å². The van der Waals surface area contributed by atoms with Gasteiger partial charge < -0.3 is 20.1 Å². The molecule has 7 heteroatoms. The molecule has 1 saturated carbocycles. The predicted octanol–water partition coefficient (Wildman–Crippen LogP) is 4.41. The minimum Gasteiger partial charge on any atom is -0.481 e. The Morgan fingerprint density at radius 3 is 2.20 bits per heavy atom. The molecule has 2 aromatic rings. The fourth-order valence-corrected chi connectivity index (χ4v) is 5.57. The summed E-state index contributed by atoms with van der Waals surface area (Å²) >= 11 is 0. The Balaban J connectivity index is 1.15. The van der Waals surface area contributed by atoms with Crippen LogP contribution in [-0.4, -0.2) is 53.7 Å². The van der Waals surface area contributed by atoms with Crippen LogP contribution in [-0.2, 0) is 14.3 Å². The SMILES string of the molecule is O=C(O)CCC1CN(C(=O)CC(NC(=O)OCC2c3ccccc3-c3ccccc32)C2CCC2)C1. The third-order valence-electron chi connectivity index (χ3n) is 7.84. The highest BCUT2D eigenvalue weighted by Crippen LogP contribution is 2.44. The third kappa shape index (κ3) is 5.04. The number of hydrogen-bond donors (Lipinski definition) is 2. The van der Waals surface area contributed by atoms with Gasteiger partial charge in [0.05, 0.1) is 0 Å². The number of ether oxygens (including phenoxy) is 1. The number of nitrogens with one attached hydrogen (secondary N) is 1. The summed E-state index contributed by atoms with van der Waals surface area (Å²) in [6, 6.07) is 16.2. The maximum Gasteiger partial charge on any atom is 0.407 e. The number of hydrogen-bond acceptors (Lipinski definition) is 4. The summed E-state index contributed by atoms with van der Waals surface area (Å²) in [4.78, 5) is 38.1. The summed E-state index contributed by atoms with van der Waals surface area (Å²) in [7, 11) is 0. The van der Waals surface area contributed by atoms with Gasteiger partial charge in [-0.1, -0.05) is 55.0 Å². The van der Waals surface area contributed by atoms with Crippen LogP contribution in [0.2, 0.25) is 0 Å². The molecule has 0 bridgehead atoms. The highest BCUT2D eigenvalue weighted by Gasteiger charge is 2.36. The van der Waals surface area contributed by atoms with Gasteiger partial charge in [0.15, 0.2) is 0 Å². The van der Waals surface area contributed by atoms with Crippen LogP contribution in [0, 0.1) is 11.8 Å². The standard InChI is InChI=1S/C28H32N2O5/c31-26(30-15-18(16-30)12-13-27(32)33)14-25(19-6-5-7-19)29-28(34)35-17-24-22-10-3-1-8-20(22)21-9-2-4-11-23(21)24/h1-4,8-11,18-19,24-25H,5-7,12-17H2,(H,29,34)(H,32,33). The highest BCUT2D eigenvalue weighted by molar-refractivity contribution is 5.80. The molecule has 184 valence electrons. The topological polar surface area (TPSA) is 95.9 Å². The van der Waals surface area contributed by atoms with E-state index in [1.807, 2.05) is 24.3 Å². The van der Waals surface area contributed by atoms with Gasteiger partial charge in [-0.2, -0.15) is 0 Å². The molecule has 0 radical (unpaired) electrons. The van der Waals surface area contributed by atoms with Gasteiger partial charge in [-0.25, -0.2) is 4.79 Å². The number of likely N-dealkylation sites (tertiary alicyclic amines) is 1. The summed E-state index contributed by atoms with van der Waals surface area (Å²) < 4.78 is 5.71. The number of carbonyl (C=O) groups is 3. The van der Waals surface area contributed by atoms with Gasteiger partial charge >= 0.3 is 12.1 Å². The predicted molar refractivity (Wildman–Crippen MR) is 131 cm³/mol. The van der Waals surface area contributed by atoms with Crippen LogP contribution in [0.3, 0.4) is 0 Å². The minimum absolute atomic E-state index is 0.000702. The molecule has 35 heavy (non-hydrogen) atoms. The van der Waals surface area contributed by atoms with Gasteiger partial charge in [-0.05, 0) is 53.4 Å². The number of carbonyl (C=O) groups excluding carboxylic acids is 2. The van der Waals surface area contributed by atoms with Crippen molar-refractivity contribution in [2.45, 2.75) is 50.5 Å². The summed E-state index contributed by atoms with van der Waals surface area (Å²) in [5.74, 6) is -0.226. The van der Waals surface area contributed by atoms with Crippen molar-refractivity contribution in [1.29, 1.82) is 0 Å². The number of aliphatic carboxylic acids is 1. The summed E-state index contributed by atoms with van der Waals surface area (Å²) in [6.07, 6.45) is 3.65. The number of amides is 2. The van der Waals surface area contributed by atoms with E-state index in [2.05, 4.69) is 29.6 Å². The van der Waals surface area contributed by atoms with Gasteiger partial charge in [-0.15, -0.1) is 0 Å². The molecule has 1 atom stereocenters. The Hall–Kier alpha value is -3.35. The van der Waals surface area contributed by atoms with Crippen LogP contribution in [0.15, 0.2) is 48.5 Å². The van der Waals surface area contributed by atoms with Crippen molar-refractivity contribution in [2.24, 2.45) is 11.8 Å². The second-order valence-electron chi connectivity index (χ2n) is 10.1. The number of carboxylic acid groups (broad SMARTS) is 1. The van der Waals surface area contributed by atoms with E-state index >= 15 is 0 Å². The fourth-order valence-electron chi connectivity index (χ4n) is 5.57. The molecule has 1 saturated heterocycles. The fraction of sp³-hybridized carbons (Fsp3) is 0.464. The molecule has 0 spiro atoms. The zero-order chi connectivity index (χ0) is 24.4. The van der Waals surface area contributed by atoms with Crippen molar-refractivity contribution >= 4 is 18.0 Å². The van der Waals surface area contributed by atoms with Gasteiger partial charge in [0.1, 0.15) is 6.61 Å². The monoisotopic (exact) mass is 476 g/mol. The van der Waals surface area contributed by atoms with E-state index in [4.69, 9.17) is 9.84 Å². The Morgan fingerprint density at radius 2 is 1.63 bits per heavy atom.